The number of aliphatic hydroxyl groups excluding tert-OH is 1. The van der Waals surface area contributed by atoms with Crippen molar-refractivity contribution in [2.45, 2.75) is 11.7 Å². The molecule has 0 radical (unpaired) electrons. The average molecular weight is 315 g/mol. The second-order valence-corrected chi connectivity index (χ2v) is 5.93. The van der Waals surface area contributed by atoms with Gasteiger partial charge in [-0.05, 0) is 18.2 Å². The van der Waals surface area contributed by atoms with Gasteiger partial charge in [-0.1, -0.05) is 18.2 Å². The zero-order valence-electron chi connectivity index (χ0n) is 11.9. The van der Waals surface area contributed by atoms with Crippen LogP contribution >= 0.6 is 0 Å². The molecule has 1 aromatic carbocycles. The van der Waals surface area contributed by atoms with Crippen LogP contribution in [0.3, 0.4) is 0 Å². The number of anilines is 1. The molecule has 2 amide bonds. The predicted octanol–water partition coefficient (Wildman–Crippen LogP) is 0.190. The van der Waals surface area contributed by atoms with Crippen LogP contribution in [0.5, 0.6) is 0 Å². The van der Waals surface area contributed by atoms with E-state index in [0.717, 1.165) is 4.90 Å². The Kier molecular flexibility index (Phi) is 2.76. The number of ether oxygens (including phenoxy) is 1. The first kappa shape index (κ1) is 14.1. The second-order valence-electron chi connectivity index (χ2n) is 5.93. The number of rotatable bonds is 3. The topological polar surface area (TPSA) is 104 Å². The van der Waals surface area contributed by atoms with E-state index >= 15 is 0 Å². The molecule has 7 nitrogen and oxygen atoms in total. The molecule has 0 unspecified atom stereocenters. The number of fused-ring (bicyclic) bond motifs is 5. The third-order valence-corrected chi connectivity index (χ3v) is 4.75. The monoisotopic (exact) mass is 315 g/mol. The van der Waals surface area contributed by atoms with E-state index < -0.39 is 41.3 Å². The number of imide groups is 1. The van der Waals surface area contributed by atoms with Crippen LogP contribution in [0.25, 0.3) is 0 Å². The SMILES string of the molecule is O=C(O)c1cccc(N2C(=O)[C@H]3[C@@H]4C=C[C@](CO)(O4)[C@@H]3C2=O)c1. The summed E-state index contributed by atoms with van der Waals surface area (Å²) in [6.07, 6.45) is 2.80. The van der Waals surface area contributed by atoms with Gasteiger partial charge in [0.15, 0.2) is 0 Å². The van der Waals surface area contributed by atoms with Gasteiger partial charge in [-0.25, -0.2) is 9.69 Å². The number of hydrogen-bond donors (Lipinski definition) is 2. The van der Waals surface area contributed by atoms with Gasteiger partial charge in [0.1, 0.15) is 5.60 Å². The van der Waals surface area contributed by atoms with Crippen molar-refractivity contribution in [1.29, 1.82) is 0 Å². The van der Waals surface area contributed by atoms with Crippen molar-refractivity contribution >= 4 is 23.5 Å². The van der Waals surface area contributed by atoms with E-state index in [9.17, 15) is 19.5 Å². The Bertz CT molecular complexity index is 772. The lowest BCUT2D eigenvalue weighted by molar-refractivity contribution is -0.128. The van der Waals surface area contributed by atoms with Crippen LogP contribution in [-0.2, 0) is 14.3 Å². The molecule has 2 N–H and O–H groups in total. The number of aliphatic hydroxyl groups is 1. The summed E-state index contributed by atoms with van der Waals surface area (Å²) in [7, 11) is 0. The maximum atomic E-state index is 12.8. The molecule has 2 bridgehead atoms. The molecule has 1 aromatic rings. The number of nitrogens with zero attached hydrogens (tertiary/aromatic N) is 1. The van der Waals surface area contributed by atoms with Crippen LogP contribution in [0, 0.1) is 11.8 Å². The third-order valence-electron chi connectivity index (χ3n) is 4.75. The summed E-state index contributed by atoms with van der Waals surface area (Å²) in [5.41, 5.74) is -0.933. The second kappa shape index (κ2) is 4.50. The number of carboxylic acids is 1. The maximum Gasteiger partial charge on any atom is 0.335 e. The van der Waals surface area contributed by atoms with Crippen LogP contribution in [0.2, 0.25) is 0 Å². The summed E-state index contributed by atoms with van der Waals surface area (Å²) in [6.45, 7) is -0.386. The molecular formula is C16H13NO6. The molecule has 0 aliphatic carbocycles. The fraction of sp³-hybridized carbons (Fsp3) is 0.312. The van der Waals surface area contributed by atoms with Gasteiger partial charge in [0.05, 0.1) is 35.8 Å². The van der Waals surface area contributed by atoms with E-state index in [-0.39, 0.29) is 17.9 Å². The Morgan fingerprint density at radius 3 is 2.78 bits per heavy atom. The molecule has 7 heteroatoms. The van der Waals surface area contributed by atoms with Crippen LogP contribution in [0.1, 0.15) is 10.4 Å². The van der Waals surface area contributed by atoms with Crippen molar-refractivity contribution in [2.75, 3.05) is 11.5 Å². The molecule has 3 aliphatic heterocycles. The summed E-state index contributed by atoms with van der Waals surface area (Å²) < 4.78 is 5.64. The Morgan fingerprint density at radius 2 is 2.09 bits per heavy atom. The maximum absolute atomic E-state index is 12.8. The first-order chi connectivity index (χ1) is 11.0. The van der Waals surface area contributed by atoms with Gasteiger partial charge in [0.2, 0.25) is 11.8 Å². The summed E-state index contributed by atoms with van der Waals surface area (Å²) >= 11 is 0. The zero-order chi connectivity index (χ0) is 16.4. The summed E-state index contributed by atoms with van der Waals surface area (Å²) in [4.78, 5) is 37.6. The highest BCUT2D eigenvalue weighted by Gasteiger charge is 2.67. The van der Waals surface area contributed by atoms with Gasteiger partial charge >= 0.3 is 5.97 Å². The van der Waals surface area contributed by atoms with Crippen molar-refractivity contribution in [3.63, 3.8) is 0 Å². The number of benzene rings is 1. The Labute approximate surface area is 130 Å². The fourth-order valence-corrected chi connectivity index (χ4v) is 3.72. The molecule has 0 saturated carbocycles. The number of hydrogen-bond acceptors (Lipinski definition) is 5. The lowest BCUT2D eigenvalue weighted by atomic mass is 9.77. The molecule has 118 valence electrons. The minimum absolute atomic E-state index is 0.00521. The lowest BCUT2D eigenvalue weighted by Crippen LogP contribution is -2.43. The third kappa shape index (κ3) is 1.68. The molecule has 3 heterocycles. The molecule has 23 heavy (non-hydrogen) atoms. The lowest BCUT2D eigenvalue weighted by Gasteiger charge is -2.26. The molecule has 0 aromatic heterocycles. The predicted molar refractivity (Wildman–Crippen MR) is 76.7 cm³/mol. The highest BCUT2D eigenvalue weighted by atomic mass is 16.5. The van der Waals surface area contributed by atoms with E-state index in [0.29, 0.717) is 0 Å². The average Bonchev–Trinajstić information content (AvgIpc) is 3.18. The van der Waals surface area contributed by atoms with Crippen LogP contribution in [-0.4, -0.2) is 46.3 Å². The number of aromatic carboxylic acids is 1. The van der Waals surface area contributed by atoms with Gasteiger partial charge in [-0.15, -0.1) is 0 Å². The molecule has 3 aliphatic rings. The zero-order valence-corrected chi connectivity index (χ0v) is 11.9. The molecular weight excluding hydrogens is 302 g/mol. The number of carbonyl (C=O) groups excluding carboxylic acids is 2. The van der Waals surface area contributed by atoms with Crippen molar-refractivity contribution in [2.24, 2.45) is 11.8 Å². The largest absolute Gasteiger partial charge is 0.478 e. The molecule has 0 spiro atoms. The molecule has 2 saturated heterocycles. The smallest absolute Gasteiger partial charge is 0.335 e. The van der Waals surface area contributed by atoms with E-state index in [4.69, 9.17) is 9.84 Å². The molecule has 2 fully saturated rings. The molecule has 4 atom stereocenters. The van der Waals surface area contributed by atoms with E-state index in [1.807, 2.05) is 0 Å². The highest BCUT2D eigenvalue weighted by molar-refractivity contribution is 6.23. The van der Waals surface area contributed by atoms with Crippen molar-refractivity contribution in [3.8, 4) is 0 Å². The Morgan fingerprint density at radius 1 is 1.30 bits per heavy atom. The van der Waals surface area contributed by atoms with Crippen LogP contribution < -0.4 is 4.90 Å². The van der Waals surface area contributed by atoms with Crippen molar-refractivity contribution < 1.29 is 29.3 Å². The van der Waals surface area contributed by atoms with Crippen LogP contribution in [0.4, 0.5) is 5.69 Å². The van der Waals surface area contributed by atoms with Crippen molar-refractivity contribution in [3.05, 3.63) is 42.0 Å². The quantitative estimate of drug-likeness (QED) is 0.609. The van der Waals surface area contributed by atoms with Gasteiger partial charge in [-0.3, -0.25) is 9.59 Å². The number of carboxylic acid groups (broad SMARTS) is 1. The van der Waals surface area contributed by atoms with Crippen LogP contribution in [0.15, 0.2) is 36.4 Å². The van der Waals surface area contributed by atoms with Gasteiger partial charge in [0, 0.05) is 0 Å². The standard InChI is InChI=1S/C16H13NO6/c18-7-16-5-4-10(23-16)11-12(16)14(20)17(13(11)19)9-3-1-2-8(6-9)15(21)22/h1-6,10-12,18H,7H2,(H,21,22)/t10-,11-,12-,16+/m0/s1. The summed E-state index contributed by atoms with van der Waals surface area (Å²) in [6, 6.07) is 5.69. The minimum atomic E-state index is -1.15. The van der Waals surface area contributed by atoms with E-state index in [1.165, 1.54) is 24.3 Å². The van der Waals surface area contributed by atoms with Gasteiger partial charge < -0.3 is 14.9 Å². The first-order valence-corrected chi connectivity index (χ1v) is 7.18. The first-order valence-electron chi connectivity index (χ1n) is 7.18. The van der Waals surface area contributed by atoms with Gasteiger partial charge in [-0.2, -0.15) is 0 Å². The van der Waals surface area contributed by atoms with Crippen molar-refractivity contribution in [1.82, 2.24) is 0 Å². The normalized spacial score (nSPS) is 34.3. The minimum Gasteiger partial charge on any atom is -0.478 e. The number of amides is 2. The Balaban J connectivity index is 1.76. The summed E-state index contributed by atoms with van der Waals surface area (Å²) in [5.74, 6) is -3.48. The fourth-order valence-electron chi connectivity index (χ4n) is 3.72. The van der Waals surface area contributed by atoms with Gasteiger partial charge in [0.25, 0.3) is 0 Å². The summed E-state index contributed by atoms with van der Waals surface area (Å²) in [5, 5.41) is 18.7. The molecule has 4 rings (SSSR count). The number of carbonyl (C=O) groups is 3. The van der Waals surface area contributed by atoms with E-state index in [2.05, 4.69) is 0 Å². The Hall–Kier alpha value is -2.51. The highest BCUT2D eigenvalue weighted by Crippen LogP contribution is 2.52. The van der Waals surface area contributed by atoms with E-state index in [1.54, 1.807) is 12.2 Å².